The number of esters is 1. The number of halogens is 4. The van der Waals surface area contributed by atoms with E-state index in [1.54, 1.807) is 6.92 Å². The standard InChI is InChI=1S/C14H24F3IO2/c1-2-20-13(19)10-8-6-4-3-5-7-9-12(18)11-14(15,16)17/h12H,2-11H2,1H3. The summed E-state index contributed by atoms with van der Waals surface area (Å²) >= 11 is 1.88. The molecular weight excluding hydrogens is 384 g/mol. The summed E-state index contributed by atoms with van der Waals surface area (Å²) in [6, 6.07) is 0. The van der Waals surface area contributed by atoms with Crippen molar-refractivity contribution in [3.8, 4) is 0 Å². The van der Waals surface area contributed by atoms with E-state index in [1.165, 1.54) is 0 Å². The summed E-state index contributed by atoms with van der Waals surface area (Å²) in [7, 11) is 0. The lowest BCUT2D eigenvalue weighted by molar-refractivity contribution is -0.143. The highest BCUT2D eigenvalue weighted by atomic mass is 127. The van der Waals surface area contributed by atoms with Gasteiger partial charge in [-0.2, -0.15) is 13.2 Å². The Balaban J connectivity index is 3.30. The maximum absolute atomic E-state index is 12.1. The Bertz CT molecular complexity index is 257. The van der Waals surface area contributed by atoms with Crippen molar-refractivity contribution in [2.45, 2.75) is 74.8 Å². The van der Waals surface area contributed by atoms with Gasteiger partial charge in [0.25, 0.3) is 0 Å². The molecule has 0 aromatic heterocycles. The molecule has 20 heavy (non-hydrogen) atoms. The van der Waals surface area contributed by atoms with Crippen LogP contribution >= 0.6 is 22.6 Å². The number of hydrogen-bond donors (Lipinski definition) is 0. The molecule has 0 saturated heterocycles. The van der Waals surface area contributed by atoms with Crippen molar-refractivity contribution in [3.63, 3.8) is 0 Å². The average molecular weight is 408 g/mol. The topological polar surface area (TPSA) is 26.3 Å². The van der Waals surface area contributed by atoms with Crippen molar-refractivity contribution in [2.75, 3.05) is 6.61 Å². The Hall–Kier alpha value is -0.0100. The van der Waals surface area contributed by atoms with Crippen LogP contribution in [-0.2, 0) is 9.53 Å². The molecule has 0 amide bonds. The molecule has 2 nitrogen and oxygen atoms in total. The molecule has 0 radical (unpaired) electrons. The maximum atomic E-state index is 12.1. The van der Waals surface area contributed by atoms with Gasteiger partial charge in [0.05, 0.1) is 13.0 Å². The van der Waals surface area contributed by atoms with E-state index in [2.05, 4.69) is 0 Å². The summed E-state index contributed by atoms with van der Waals surface area (Å²) < 4.78 is 40.8. The molecular formula is C14H24F3IO2. The van der Waals surface area contributed by atoms with Gasteiger partial charge in [0.15, 0.2) is 0 Å². The van der Waals surface area contributed by atoms with Gasteiger partial charge in [-0.15, -0.1) is 0 Å². The Labute approximate surface area is 133 Å². The Morgan fingerprint density at radius 2 is 1.65 bits per heavy atom. The molecule has 0 heterocycles. The maximum Gasteiger partial charge on any atom is 0.390 e. The smallest absolute Gasteiger partial charge is 0.390 e. The molecule has 0 aliphatic heterocycles. The van der Waals surface area contributed by atoms with Crippen LogP contribution in [0, 0.1) is 0 Å². The van der Waals surface area contributed by atoms with Gasteiger partial charge in [0.2, 0.25) is 0 Å². The van der Waals surface area contributed by atoms with E-state index in [-0.39, 0.29) is 9.89 Å². The number of alkyl halides is 4. The van der Waals surface area contributed by atoms with Gasteiger partial charge in [-0.1, -0.05) is 54.7 Å². The molecule has 6 heteroatoms. The number of rotatable bonds is 11. The largest absolute Gasteiger partial charge is 0.466 e. The fraction of sp³-hybridized carbons (Fsp3) is 0.929. The first-order valence-corrected chi connectivity index (χ1v) is 8.46. The van der Waals surface area contributed by atoms with Gasteiger partial charge in [-0.05, 0) is 19.8 Å². The van der Waals surface area contributed by atoms with Gasteiger partial charge in [0.1, 0.15) is 0 Å². The molecule has 0 aromatic rings. The van der Waals surface area contributed by atoms with Gasteiger partial charge in [0, 0.05) is 10.3 Å². The van der Waals surface area contributed by atoms with E-state index >= 15 is 0 Å². The van der Waals surface area contributed by atoms with Crippen molar-refractivity contribution in [3.05, 3.63) is 0 Å². The highest BCUT2D eigenvalue weighted by Crippen LogP contribution is 2.28. The van der Waals surface area contributed by atoms with Crippen LogP contribution in [0.3, 0.4) is 0 Å². The molecule has 0 N–H and O–H groups in total. The van der Waals surface area contributed by atoms with Crippen molar-refractivity contribution in [1.82, 2.24) is 0 Å². The van der Waals surface area contributed by atoms with Crippen molar-refractivity contribution in [1.29, 1.82) is 0 Å². The number of unbranched alkanes of at least 4 members (excludes halogenated alkanes) is 5. The summed E-state index contributed by atoms with van der Waals surface area (Å²) in [5.74, 6) is -0.146. The van der Waals surface area contributed by atoms with Crippen LogP contribution in [0.5, 0.6) is 0 Å². The van der Waals surface area contributed by atoms with Crippen LogP contribution in [0.2, 0.25) is 0 Å². The summed E-state index contributed by atoms with van der Waals surface area (Å²) in [5, 5.41) is 0. The van der Waals surface area contributed by atoms with Gasteiger partial charge >= 0.3 is 12.1 Å². The number of hydrogen-bond acceptors (Lipinski definition) is 2. The Morgan fingerprint density at radius 1 is 1.10 bits per heavy atom. The lowest BCUT2D eigenvalue weighted by Crippen LogP contribution is -2.14. The Kier molecular flexibility index (Phi) is 11.6. The summed E-state index contributed by atoms with van der Waals surface area (Å²) in [6.07, 6.45) is 2.06. The molecule has 0 aromatic carbocycles. The molecule has 0 saturated carbocycles. The molecule has 0 fully saturated rings. The first-order chi connectivity index (χ1) is 9.35. The minimum Gasteiger partial charge on any atom is -0.466 e. The van der Waals surface area contributed by atoms with Gasteiger partial charge in [-0.3, -0.25) is 4.79 Å². The second-order valence-corrected chi connectivity index (χ2v) is 6.64. The van der Waals surface area contributed by atoms with Crippen LogP contribution in [0.15, 0.2) is 0 Å². The van der Waals surface area contributed by atoms with Crippen LogP contribution in [-0.4, -0.2) is 22.7 Å². The molecule has 0 bridgehead atoms. The first-order valence-electron chi connectivity index (χ1n) is 7.21. The monoisotopic (exact) mass is 408 g/mol. The number of ether oxygens (including phenoxy) is 1. The molecule has 0 aliphatic carbocycles. The second kappa shape index (κ2) is 11.6. The average Bonchev–Trinajstić information content (AvgIpc) is 2.30. The fourth-order valence-electron chi connectivity index (χ4n) is 1.93. The van der Waals surface area contributed by atoms with E-state index in [0.717, 1.165) is 38.5 Å². The van der Waals surface area contributed by atoms with Crippen LogP contribution in [0.25, 0.3) is 0 Å². The minimum absolute atomic E-state index is 0.146. The molecule has 1 unspecified atom stereocenters. The van der Waals surface area contributed by atoms with Crippen LogP contribution in [0.4, 0.5) is 13.2 Å². The zero-order chi connectivity index (χ0) is 15.4. The molecule has 0 rings (SSSR count). The molecule has 0 spiro atoms. The Morgan fingerprint density at radius 3 is 2.20 bits per heavy atom. The van der Waals surface area contributed by atoms with Gasteiger partial charge < -0.3 is 4.74 Å². The second-order valence-electron chi connectivity index (χ2n) is 4.88. The third kappa shape index (κ3) is 14.4. The predicted octanol–water partition coefficient (Wildman–Crippen LogP) is 5.43. The lowest BCUT2D eigenvalue weighted by atomic mass is 10.1. The molecule has 120 valence electrons. The summed E-state index contributed by atoms with van der Waals surface area (Å²) in [4.78, 5) is 11.1. The lowest BCUT2D eigenvalue weighted by Gasteiger charge is -2.12. The summed E-state index contributed by atoms with van der Waals surface area (Å²) in [6.45, 7) is 2.21. The summed E-state index contributed by atoms with van der Waals surface area (Å²) in [5.41, 5.74) is 0. The number of carbonyl (C=O) groups is 1. The van der Waals surface area contributed by atoms with Crippen LogP contribution in [0.1, 0.15) is 64.7 Å². The van der Waals surface area contributed by atoms with E-state index in [9.17, 15) is 18.0 Å². The third-order valence-corrected chi connectivity index (χ3v) is 3.97. The minimum atomic E-state index is -4.04. The normalized spacial score (nSPS) is 13.2. The molecule has 1 atom stereocenters. The third-order valence-electron chi connectivity index (χ3n) is 2.91. The zero-order valence-corrected chi connectivity index (χ0v) is 14.1. The number of carbonyl (C=O) groups excluding carboxylic acids is 1. The highest BCUT2D eigenvalue weighted by molar-refractivity contribution is 14.1. The quantitative estimate of drug-likeness (QED) is 0.197. The predicted molar refractivity (Wildman–Crippen MR) is 82.0 cm³/mol. The van der Waals surface area contributed by atoms with E-state index in [0.29, 0.717) is 19.4 Å². The zero-order valence-electron chi connectivity index (χ0n) is 12.0. The van der Waals surface area contributed by atoms with E-state index in [4.69, 9.17) is 4.74 Å². The van der Waals surface area contributed by atoms with Crippen molar-refractivity contribution in [2.24, 2.45) is 0 Å². The first kappa shape index (κ1) is 20.0. The van der Waals surface area contributed by atoms with E-state index in [1.807, 2.05) is 22.6 Å². The van der Waals surface area contributed by atoms with Crippen LogP contribution < -0.4 is 0 Å². The SMILES string of the molecule is CCOC(=O)CCCCCCCCC(I)CC(F)(F)F. The van der Waals surface area contributed by atoms with E-state index < -0.39 is 12.6 Å². The fourth-order valence-corrected chi connectivity index (χ4v) is 2.87. The van der Waals surface area contributed by atoms with Crippen molar-refractivity contribution < 1.29 is 22.7 Å². The highest BCUT2D eigenvalue weighted by Gasteiger charge is 2.30. The molecule has 0 aliphatic rings. The van der Waals surface area contributed by atoms with Crippen molar-refractivity contribution >= 4 is 28.6 Å². The van der Waals surface area contributed by atoms with Gasteiger partial charge in [-0.25, -0.2) is 0 Å².